The van der Waals surface area contributed by atoms with Crippen LogP contribution in [0.25, 0.3) is 111 Å². The molecule has 0 aromatic heterocycles. The Morgan fingerprint density at radius 3 is 1.07 bits per heavy atom. The average Bonchev–Trinajstić information content (AvgIpc) is 3.50. The third kappa shape index (κ3) is 8.57. The molecule has 1 nitrogen and oxygen atoms in total. The van der Waals surface area contributed by atoms with Gasteiger partial charge < -0.3 is 4.90 Å². The predicted molar refractivity (Wildman–Crippen MR) is 320 cm³/mol. The fourth-order valence-corrected chi connectivity index (χ4v) is 11.2. The number of nitrogens with zero attached hydrogens (tertiary/aromatic N) is 1. The van der Waals surface area contributed by atoms with Crippen LogP contribution in [-0.2, 0) is 0 Å². The molecule has 0 spiro atoms. The maximum Gasteiger partial charge on any atom is 0.0618 e. The van der Waals surface area contributed by atoms with Gasteiger partial charge in [-0.2, -0.15) is 0 Å². The first kappa shape index (κ1) is 45.1. The van der Waals surface area contributed by atoms with Crippen LogP contribution in [0, 0.1) is 0 Å². The van der Waals surface area contributed by atoms with Crippen molar-refractivity contribution in [2.75, 3.05) is 4.90 Å². The van der Waals surface area contributed by atoms with E-state index in [1.165, 1.54) is 77.2 Å². The van der Waals surface area contributed by atoms with Gasteiger partial charge in [-0.15, -0.1) is 0 Å². The monoisotopic (exact) mass is 953 g/mol. The van der Waals surface area contributed by atoms with Gasteiger partial charge in [-0.05, 0) is 130 Å². The Labute approximate surface area is 439 Å². The van der Waals surface area contributed by atoms with Gasteiger partial charge in [-0.25, -0.2) is 0 Å². The van der Waals surface area contributed by atoms with Gasteiger partial charge >= 0.3 is 0 Å². The SMILES string of the molecule is c1ccc(-c2ccc(-c3ccc(N(c4ccc(-c5cccc6c5c(-c5ccccc5)c(-c5ccccc5)c5ccccc56)cc4)c4c(-c5ccccc5)cccc4-c4ccccc4)cc3)cc2-c2ccccc2)cc1. The molecule has 0 aliphatic heterocycles. The molecular weight excluding hydrogens is 903 g/mol. The van der Waals surface area contributed by atoms with Crippen LogP contribution >= 0.6 is 0 Å². The molecule has 13 aromatic rings. The molecule has 0 heterocycles. The summed E-state index contributed by atoms with van der Waals surface area (Å²) in [4.78, 5) is 2.46. The lowest BCUT2D eigenvalue weighted by Gasteiger charge is -2.31. The number of hydrogen-bond acceptors (Lipinski definition) is 1. The highest BCUT2D eigenvalue weighted by Crippen LogP contribution is 2.50. The van der Waals surface area contributed by atoms with Gasteiger partial charge in [0.2, 0.25) is 0 Å². The van der Waals surface area contributed by atoms with E-state index in [4.69, 9.17) is 0 Å². The van der Waals surface area contributed by atoms with Crippen molar-refractivity contribution in [3.63, 3.8) is 0 Å². The van der Waals surface area contributed by atoms with E-state index in [2.05, 4.69) is 314 Å². The normalized spacial score (nSPS) is 11.2. The molecule has 0 fully saturated rings. The Bertz CT molecular complexity index is 4040. The zero-order chi connectivity index (χ0) is 49.9. The van der Waals surface area contributed by atoms with E-state index in [-0.39, 0.29) is 0 Å². The number of fused-ring (bicyclic) bond motifs is 3. The van der Waals surface area contributed by atoms with Crippen LogP contribution in [0.4, 0.5) is 17.1 Å². The Hall–Kier alpha value is -9.82. The molecule has 0 N–H and O–H groups in total. The van der Waals surface area contributed by atoms with Crippen molar-refractivity contribution in [1.82, 2.24) is 0 Å². The summed E-state index contributed by atoms with van der Waals surface area (Å²) in [6.07, 6.45) is 0. The minimum atomic E-state index is 1.06. The van der Waals surface area contributed by atoms with Crippen LogP contribution < -0.4 is 4.90 Å². The Balaban J connectivity index is 1.00. The Kier molecular flexibility index (Phi) is 12.0. The summed E-state index contributed by atoms with van der Waals surface area (Å²) < 4.78 is 0. The highest BCUT2D eigenvalue weighted by Gasteiger charge is 2.24. The summed E-state index contributed by atoms with van der Waals surface area (Å²) in [5.41, 5.74) is 22.2. The van der Waals surface area contributed by atoms with E-state index in [0.29, 0.717) is 0 Å². The van der Waals surface area contributed by atoms with Crippen molar-refractivity contribution in [2.45, 2.75) is 0 Å². The fourth-order valence-electron chi connectivity index (χ4n) is 11.2. The summed E-state index contributed by atoms with van der Waals surface area (Å²) >= 11 is 0. The largest absolute Gasteiger partial charge is 0.309 e. The van der Waals surface area contributed by atoms with Gasteiger partial charge in [0.15, 0.2) is 0 Å². The van der Waals surface area contributed by atoms with Crippen molar-refractivity contribution < 1.29 is 0 Å². The van der Waals surface area contributed by atoms with Gasteiger partial charge in [0, 0.05) is 22.5 Å². The van der Waals surface area contributed by atoms with E-state index in [1.54, 1.807) is 0 Å². The van der Waals surface area contributed by atoms with E-state index < -0.39 is 0 Å². The highest BCUT2D eigenvalue weighted by molar-refractivity contribution is 6.25. The molecule has 352 valence electrons. The molecule has 0 unspecified atom stereocenters. The van der Waals surface area contributed by atoms with E-state index >= 15 is 0 Å². The number of rotatable bonds is 11. The summed E-state index contributed by atoms with van der Waals surface area (Å²) in [5, 5.41) is 4.97. The molecule has 0 aliphatic rings. The van der Waals surface area contributed by atoms with Crippen LogP contribution in [0.1, 0.15) is 0 Å². The van der Waals surface area contributed by atoms with Gasteiger partial charge in [0.25, 0.3) is 0 Å². The second kappa shape index (κ2) is 20.0. The third-order valence-corrected chi connectivity index (χ3v) is 14.7. The number of anilines is 3. The van der Waals surface area contributed by atoms with Crippen molar-refractivity contribution in [1.29, 1.82) is 0 Å². The number of benzene rings is 13. The molecular formula is C74H51N. The smallest absolute Gasteiger partial charge is 0.0618 e. The quantitative estimate of drug-likeness (QED) is 0.117. The van der Waals surface area contributed by atoms with Crippen LogP contribution in [0.5, 0.6) is 0 Å². The molecule has 0 saturated heterocycles. The summed E-state index contributed by atoms with van der Waals surface area (Å²) in [7, 11) is 0. The molecule has 75 heavy (non-hydrogen) atoms. The third-order valence-electron chi connectivity index (χ3n) is 14.7. The molecule has 0 saturated carbocycles. The zero-order valence-corrected chi connectivity index (χ0v) is 41.4. The van der Waals surface area contributed by atoms with Gasteiger partial charge in [0.05, 0.1) is 5.69 Å². The maximum atomic E-state index is 2.46. The maximum absolute atomic E-state index is 2.46. The van der Waals surface area contributed by atoms with Crippen LogP contribution in [-0.4, -0.2) is 0 Å². The number of hydrogen-bond donors (Lipinski definition) is 0. The lowest BCUT2D eigenvalue weighted by atomic mass is 9.82. The van der Waals surface area contributed by atoms with Crippen molar-refractivity contribution in [3.8, 4) is 89.0 Å². The zero-order valence-electron chi connectivity index (χ0n) is 41.4. The van der Waals surface area contributed by atoms with Crippen LogP contribution in [0.3, 0.4) is 0 Å². The molecule has 0 aliphatic carbocycles. The summed E-state index contributed by atoms with van der Waals surface area (Å²) in [6, 6.07) is 113. The summed E-state index contributed by atoms with van der Waals surface area (Å²) in [5.74, 6) is 0. The van der Waals surface area contributed by atoms with Gasteiger partial charge in [-0.3, -0.25) is 0 Å². The molecule has 0 atom stereocenters. The van der Waals surface area contributed by atoms with E-state index in [1.807, 2.05) is 0 Å². The molecule has 13 aromatic carbocycles. The first-order valence-corrected chi connectivity index (χ1v) is 25.8. The average molecular weight is 954 g/mol. The van der Waals surface area contributed by atoms with Crippen LogP contribution in [0.2, 0.25) is 0 Å². The first-order chi connectivity index (χ1) is 37.2. The van der Waals surface area contributed by atoms with Crippen LogP contribution in [0.15, 0.2) is 309 Å². The topological polar surface area (TPSA) is 3.24 Å². The molecule has 13 rings (SSSR count). The first-order valence-electron chi connectivity index (χ1n) is 25.8. The number of para-hydroxylation sites is 1. The molecule has 0 radical (unpaired) electrons. The predicted octanol–water partition coefficient (Wildman–Crippen LogP) is 20.8. The highest BCUT2D eigenvalue weighted by atomic mass is 15.1. The van der Waals surface area contributed by atoms with Gasteiger partial charge in [0.1, 0.15) is 0 Å². The van der Waals surface area contributed by atoms with Crippen molar-refractivity contribution in [2.24, 2.45) is 0 Å². The van der Waals surface area contributed by atoms with E-state index in [9.17, 15) is 0 Å². The van der Waals surface area contributed by atoms with Crippen molar-refractivity contribution in [3.05, 3.63) is 309 Å². The second-order valence-corrected chi connectivity index (χ2v) is 19.1. The van der Waals surface area contributed by atoms with Crippen molar-refractivity contribution >= 4 is 38.6 Å². The van der Waals surface area contributed by atoms with Gasteiger partial charge in [-0.1, -0.05) is 279 Å². The Morgan fingerprint density at radius 2 is 0.547 bits per heavy atom. The molecule has 0 bridgehead atoms. The molecule has 0 amide bonds. The fraction of sp³-hybridized carbons (Fsp3) is 0. The summed E-state index contributed by atoms with van der Waals surface area (Å²) in [6.45, 7) is 0. The minimum absolute atomic E-state index is 1.06. The van der Waals surface area contributed by atoms with E-state index in [0.717, 1.165) is 50.4 Å². The lowest BCUT2D eigenvalue weighted by molar-refractivity contribution is 1.28. The second-order valence-electron chi connectivity index (χ2n) is 19.1. The Morgan fingerprint density at radius 1 is 0.187 bits per heavy atom. The minimum Gasteiger partial charge on any atom is -0.309 e. The molecule has 1 heteroatoms. The standard InChI is InChI=1S/C74H51N/c1-7-23-53(24-8-1)63-50-45-60(51-70(63)56-29-13-4-14-30-56)52-41-46-61(47-42-52)75(74-65(54-25-9-2-10-26-54)38-22-39-66(74)55-27-11-3-12-28-55)62-48-43-57(44-49-62)64-37-21-40-69-67-35-19-20-36-68(67)71(58-31-15-5-16-32-58)72(73(64)69)59-33-17-6-18-34-59/h1-51H. The lowest BCUT2D eigenvalue weighted by Crippen LogP contribution is -2.12.